The maximum atomic E-state index is 13.0. The van der Waals surface area contributed by atoms with E-state index in [4.69, 9.17) is 4.74 Å². The fraction of sp³-hybridized carbons (Fsp3) is 0.625. The summed E-state index contributed by atoms with van der Waals surface area (Å²) < 4.78 is 18.4. The van der Waals surface area contributed by atoms with Gasteiger partial charge in [0.2, 0.25) is 0 Å². The van der Waals surface area contributed by atoms with Crippen molar-refractivity contribution in [2.24, 2.45) is 0 Å². The molecule has 1 aromatic carbocycles. The molecule has 0 aliphatic carbocycles. The molecule has 0 radical (unpaired) electrons. The van der Waals surface area contributed by atoms with Gasteiger partial charge in [-0.05, 0) is 44.6 Å². The molecule has 0 aliphatic heterocycles. The molecule has 1 N–H and O–H groups in total. The molecule has 1 unspecified atom stereocenters. The zero-order valence-electron chi connectivity index (χ0n) is 12.9. The minimum absolute atomic E-state index is 0.185. The highest BCUT2D eigenvalue weighted by atomic mass is 19.1. The highest BCUT2D eigenvalue weighted by molar-refractivity contribution is 5.19. The van der Waals surface area contributed by atoms with Crippen LogP contribution in [0.3, 0.4) is 0 Å². The van der Waals surface area contributed by atoms with E-state index in [2.05, 4.69) is 17.1 Å². The summed E-state index contributed by atoms with van der Waals surface area (Å²) >= 11 is 0. The van der Waals surface area contributed by atoms with E-state index in [1.54, 1.807) is 0 Å². The van der Waals surface area contributed by atoms with Gasteiger partial charge in [0.05, 0.1) is 6.61 Å². The molecule has 3 nitrogen and oxygen atoms in total. The minimum atomic E-state index is -0.185. The summed E-state index contributed by atoms with van der Waals surface area (Å²) in [7, 11) is 1.95. The van der Waals surface area contributed by atoms with E-state index in [-0.39, 0.29) is 11.9 Å². The molecule has 1 aromatic rings. The predicted octanol–water partition coefficient (Wildman–Crippen LogP) is 2.83. The van der Waals surface area contributed by atoms with Gasteiger partial charge in [-0.3, -0.25) is 0 Å². The van der Waals surface area contributed by atoms with Gasteiger partial charge in [-0.15, -0.1) is 0 Å². The first-order chi connectivity index (χ1) is 9.71. The van der Waals surface area contributed by atoms with Gasteiger partial charge in [0.25, 0.3) is 0 Å². The van der Waals surface area contributed by atoms with E-state index in [1.165, 1.54) is 12.1 Å². The fourth-order valence-electron chi connectivity index (χ4n) is 2.25. The van der Waals surface area contributed by atoms with Crippen molar-refractivity contribution in [1.29, 1.82) is 0 Å². The van der Waals surface area contributed by atoms with E-state index in [1.807, 2.05) is 26.1 Å². The second-order valence-corrected chi connectivity index (χ2v) is 4.81. The Morgan fingerprint density at radius 2 is 1.90 bits per heavy atom. The van der Waals surface area contributed by atoms with Crippen LogP contribution in [-0.4, -0.2) is 44.8 Å². The molecule has 0 saturated heterocycles. The second kappa shape index (κ2) is 9.86. The van der Waals surface area contributed by atoms with Crippen LogP contribution >= 0.6 is 0 Å². The molecule has 20 heavy (non-hydrogen) atoms. The molecule has 0 amide bonds. The van der Waals surface area contributed by atoms with Crippen LogP contribution in [-0.2, 0) is 4.74 Å². The molecule has 114 valence electrons. The molecular weight excluding hydrogens is 255 g/mol. The summed E-state index contributed by atoms with van der Waals surface area (Å²) in [6.07, 6.45) is 1.00. The first kappa shape index (κ1) is 17.1. The lowest BCUT2D eigenvalue weighted by Crippen LogP contribution is -2.31. The Balaban J connectivity index is 2.44. The molecule has 0 bridgehead atoms. The van der Waals surface area contributed by atoms with Crippen molar-refractivity contribution in [3.8, 4) is 0 Å². The van der Waals surface area contributed by atoms with Gasteiger partial charge in [0, 0.05) is 25.7 Å². The zero-order valence-corrected chi connectivity index (χ0v) is 12.9. The molecule has 0 aromatic heterocycles. The lowest BCUT2D eigenvalue weighted by Gasteiger charge is -2.24. The molecule has 0 heterocycles. The third kappa shape index (κ3) is 5.99. The van der Waals surface area contributed by atoms with Gasteiger partial charge in [-0.1, -0.05) is 19.1 Å². The van der Waals surface area contributed by atoms with E-state index >= 15 is 0 Å². The number of likely N-dealkylation sites (N-methyl/N-ethyl adjacent to an activating group) is 1. The molecule has 0 saturated carbocycles. The molecule has 0 fully saturated rings. The molecular formula is C16H27FN2O. The highest BCUT2D eigenvalue weighted by Gasteiger charge is 2.11. The number of nitrogens with one attached hydrogen (secondary N) is 1. The number of hydrogen-bond donors (Lipinski definition) is 1. The average Bonchev–Trinajstić information content (AvgIpc) is 2.47. The topological polar surface area (TPSA) is 24.5 Å². The van der Waals surface area contributed by atoms with Crippen LogP contribution in [0.1, 0.15) is 31.9 Å². The van der Waals surface area contributed by atoms with Crippen molar-refractivity contribution in [3.05, 3.63) is 35.6 Å². The Bertz CT molecular complexity index is 356. The lowest BCUT2D eigenvalue weighted by atomic mass is 10.0. The van der Waals surface area contributed by atoms with Crippen molar-refractivity contribution < 1.29 is 9.13 Å². The van der Waals surface area contributed by atoms with Crippen molar-refractivity contribution >= 4 is 0 Å². The quantitative estimate of drug-likeness (QED) is 0.668. The molecule has 0 spiro atoms. The average molecular weight is 282 g/mol. The highest BCUT2D eigenvalue weighted by Crippen LogP contribution is 2.17. The van der Waals surface area contributed by atoms with E-state index < -0.39 is 0 Å². The van der Waals surface area contributed by atoms with Crippen LogP contribution in [0.2, 0.25) is 0 Å². The summed E-state index contributed by atoms with van der Waals surface area (Å²) in [6, 6.07) is 7.01. The van der Waals surface area contributed by atoms with Gasteiger partial charge >= 0.3 is 0 Å². The molecule has 1 rings (SSSR count). The largest absolute Gasteiger partial charge is 0.380 e. The fourth-order valence-corrected chi connectivity index (χ4v) is 2.25. The van der Waals surface area contributed by atoms with Crippen molar-refractivity contribution in [2.45, 2.75) is 26.3 Å². The minimum Gasteiger partial charge on any atom is -0.380 e. The maximum absolute atomic E-state index is 13.0. The molecule has 0 aliphatic rings. The number of halogens is 1. The number of hydrogen-bond acceptors (Lipinski definition) is 3. The summed E-state index contributed by atoms with van der Waals surface area (Å²) in [5, 5.41) is 3.30. The lowest BCUT2D eigenvalue weighted by molar-refractivity contribution is 0.113. The number of ether oxygens (including phenoxy) is 1. The first-order valence-electron chi connectivity index (χ1n) is 7.44. The van der Waals surface area contributed by atoms with Crippen LogP contribution in [0, 0.1) is 5.82 Å². The smallest absolute Gasteiger partial charge is 0.123 e. The zero-order chi connectivity index (χ0) is 14.8. The van der Waals surface area contributed by atoms with Gasteiger partial charge in [0.15, 0.2) is 0 Å². The van der Waals surface area contributed by atoms with Crippen molar-refractivity contribution in [3.63, 3.8) is 0 Å². The summed E-state index contributed by atoms with van der Waals surface area (Å²) in [5.41, 5.74) is 1.13. The van der Waals surface area contributed by atoms with E-state index in [0.717, 1.165) is 44.8 Å². The van der Waals surface area contributed by atoms with Crippen LogP contribution in [0.15, 0.2) is 24.3 Å². The first-order valence-corrected chi connectivity index (χ1v) is 7.44. The maximum Gasteiger partial charge on any atom is 0.123 e. The Labute approximate surface area is 122 Å². The Hall–Kier alpha value is -0.970. The summed E-state index contributed by atoms with van der Waals surface area (Å²) in [5.74, 6) is -0.185. The Morgan fingerprint density at radius 1 is 1.20 bits per heavy atom. The normalized spacial score (nSPS) is 12.8. The SMILES string of the molecule is CCOCCN(CC)CCC(NC)c1ccc(F)cc1. The van der Waals surface area contributed by atoms with Gasteiger partial charge in [-0.2, -0.15) is 0 Å². The van der Waals surface area contributed by atoms with Crippen LogP contribution in [0.5, 0.6) is 0 Å². The van der Waals surface area contributed by atoms with Crippen LogP contribution in [0.25, 0.3) is 0 Å². The number of rotatable bonds is 10. The Morgan fingerprint density at radius 3 is 2.45 bits per heavy atom. The predicted molar refractivity (Wildman–Crippen MR) is 81.4 cm³/mol. The third-order valence-corrected chi connectivity index (χ3v) is 3.56. The standard InChI is InChI=1S/C16H27FN2O/c1-4-19(12-13-20-5-2)11-10-16(18-3)14-6-8-15(17)9-7-14/h6-9,16,18H,4-5,10-13H2,1-3H3. The van der Waals surface area contributed by atoms with Crippen LogP contribution in [0.4, 0.5) is 4.39 Å². The number of nitrogens with zero attached hydrogens (tertiary/aromatic N) is 1. The summed E-state index contributed by atoms with van der Waals surface area (Å²) in [4.78, 5) is 2.38. The second-order valence-electron chi connectivity index (χ2n) is 4.81. The molecule has 1 atom stereocenters. The van der Waals surface area contributed by atoms with Crippen molar-refractivity contribution in [1.82, 2.24) is 10.2 Å². The van der Waals surface area contributed by atoms with Crippen molar-refractivity contribution in [2.75, 3.05) is 39.9 Å². The van der Waals surface area contributed by atoms with E-state index in [9.17, 15) is 4.39 Å². The number of benzene rings is 1. The Kier molecular flexibility index (Phi) is 8.42. The van der Waals surface area contributed by atoms with E-state index in [0.29, 0.717) is 0 Å². The third-order valence-electron chi connectivity index (χ3n) is 3.56. The van der Waals surface area contributed by atoms with Gasteiger partial charge in [0.1, 0.15) is 5.82 Å². The van der Waals surface area contributed by atoms with Gasteiger partial charge in [-0.25, -0.2) is 4.39 Å². The van der Waals surface area contributed by atoms with Crippen LogP contribution < -0.4 is 5.32 Å². The molecule has 4 heteroatoms. The monoisotopic (exact) mass is 282 g/mol. The summed E-state index contributed by atoms with van der Waals surface area (Å²) in [6.45, 7) is 8.72. The van der Waals surface area contributed by atoms with Gasteiger partial charge < -0.3 is 15.0 Å².